The first-order valence-electron chi connectivity index (χ1n) is 4.80. The first kappa shape index (κ1) is 13.6. The number of benzene rings is 1. The average Bonchev–Trinajstić information content (AvgIpc) is 2.25. The summed E-state index contributed by atoms with van der Waals surface area (Å²) in [4.78, 5) is 4.12. The van der Waals surface area contributed by atoms with E-state index in [1.54, 1.807) is 6.07 Å². The minimum Gasteiger partial charge on any atom is -0.397 e. The Kier molecular flexibility index (Phi) is 4.09. The topological polar surface area (TPSA) is 50.9 Å². The molecule has 0 radical (unpaired) electrons. The Morgan fingerprint density at radius 1 is 1.22 bits per heavy atom. The minimum absolute atomic E-state index is 0.257. The number of rotatable bonds is 2. The van der Waals surface area contributed by atoms with Crippen molar-refractivity contribution in [2.24, 2.45) is 0 Å². The van der Waals surface area contributed by atoms with E-state index in [1.807, 2.05) is 0 Å². The van der Waals surface area contributed by atoms with Crippen LogP contribution in [0.3, 0.4) is 0 Å². The van der Waals surface area contributed by atoms with E-state index in [-0.39, 0.29) is 5.02 Å². The van der Waals surface area contributed by atoms with Gasteiger partial charge in [0.05, 0.1) is 27.1 Å². The molecule has 3 nitrogen and oxygen atoms in total. The van der Waals surface area contributed by atoms with E-state index in [0.29, 0.717) is 26.1 Å². The smallest absolute Gasteiger partial charge is 0.144 e. The highest BCUT2D eigenvalue weighted by Crippen LogP contribution is 2.35. The van der Waals surface area contributed by atoms with Crippen LogP contribution in [0.5, 0.6) is 0 Å². The quantitative estimate of drug-likeness (QED) is 0.773. The van der Waals surface area contributed by atoms with Crippen LogP contribution in [0.1, 0.15) is 0 Å². The van der Waals surface area contributed by atoms with Crippen molar-refractivity contribution in [2.75, 3.05) is 11.1 Å². The van der Waals surface area contributed by atoms with Crippen molar-refractivity contribution in [1.29, 1.82) is 0 Å². The Morgan fingerprint density at radius 3 is 2.56 bits per heavy atom. The molecule has 0 saturated carbocycles. The molecule has 0 saturated heterocycles. The Labute approximate surface area is 125 Å². The lowest BCUT2D eigenvalue weighted by Crippen LogP contribution is -1.98. The number of hydrogen-bond acceptors (Lipinski definition) is 3. The number of nitrogens with two attached hydrogens (primary N) is 1. The summed E-state index contributed by atoms with van der Waals surface area (Å²) in [5, 5.41) is 3.26. The van der Waals surface area contributed by atoms with Gasteiger partial charge in [-0.25, -0.2) is 9.37 Å². The molecule has 7 heteroatoms. The largest absolute Gasteiger partial charge is 0.397 e. The van der Waals surface area contributed by atoms with E-state index in [9.17, 15) is 4.39 Å². The van der Waals surface area contributed by atoms with Gasteiger partial charge in [-0.15, -0.1) is 0 Å². The molecule has 0 aliphatic rings. The van der Waals surface area contributed by atoms with Crippen molar-refractivity contribution in [2.45, 2.75) is 0 Å². The summed E-state index contributed by atoms with van der Waals surface area (Å²) in [7, 11) is 0. The van der Waals surface area contributed by atoms with E-state index in [1.165, 1.54) is 18.3 Å². The zero-order valence-corrected chi connectivity index (χ0v) is 12.8. The summed E-state index contributed by atoms with van der Waals surface area (Å²) in [5.41, 5.74) is 6.67. The molecule has 0 bridgehead atoms. The molecule has 0 amide bonds. The molecular formula is C11H7Br2ClFN3. The third-order valence-electron chi connectivity index (χ3n) is 2.11. The van der Waals surface area contributed by atoms with Gasteiger partial charge >= 0.3 is 0 Å². The van der Waals surface area contributed by atoms with Crippen molar-refractivity contribution in [1.82, 2.24) is 4.98 Å². The van der Waals surface area contributed by atoms with Crippen LogP contribution in [0.2, 0.25) is 5.02 Å². The second-order valence-electron chi connectivity index (χ2n) is 3.47. The first-order chi connectivity index (χ1) is 8.47. The molecule has 0 atom stereocenters. The highest BCUT2D eigenvalue weighted by molar-refractivity contribution is 9.11. The summed E-state index contributed by atoms with van der Waals surface area (Å²) >= 11 is 12.5. The van der Waals surface area contributed by atoms with Crippen LogP contribution in [0.25, 0.3) is 0 Å². The number of nitrogens with one attached hydrogen (secondary N) is 1. The van der Waals surface area contributed by atoms with Crippen molar-refractivity contribution < 1.29 is 4.39 Å². The zero-order chi connectivity index (χ0) is 13.3. The van der Waals surface area contributed by atoms with Gasteiger partial charge in [-0.05, 0) is 50.1 Å². The molecule has 2 aromatic rings. The number of aromatic nitrogens is 1. The third kappa shape index (κ3) is 2.93. The SMILES string of the molecule is Nc1cnc(Nc2c(Cl)cc(F)cc2Br)c(Br)c1. The molecule has 0 fully saturated rings. The van der Waals surface area contributed by atoms with Gasteiger partial charge in [0.15, 0.2) is 0 Å². The lowest BCUT2D eigenvalue weighted by atomic mass is 10.3. The van der Waals surface area contributed by atoms with Crippen molar-refractivity contribution in [3.05, 3.63) is 44.2 Å². The van der Waals surface area contributed by atoms with E-state index in [0.717, 1.165) is 0 Å². The molecule has 0 aliphatic heterocycles. The summed E-state index contributed by atoms with van der Waals surface area (Å²) in [6.07, 6.45) is 1.51. The van der Waals surface area contributed by atoms with E-state index in [2.05, 4.69) is 42.2 Å². The van der Waals surface area contributed by atoms with E-state index >= 15 is 0 Å². The van der Waals surface area contributed by atoms with E-state index < -0.39 is 5.82 Å². The van der Waals surface area contributed by atoms with Crippen molar-refractivity contribution >= 4 is 60.7 Å². The highest BCUT2D eigenvalue weighted by Gasteiger charge is 2.10. The van der Waals surface area contributed by atoms with Crippen LogP contribution in [-0.2, 0) is 0 Å². The maximum Gasteiger partial charge on any atom is 0.144 e. The number of nitrogen functional groups attached to an aromatic ring is 1. The number of nitrogens with zero attached hydrogens (tertiary/aromatic N) is 1. The maximum absolute atomic E-state index is 13.1. The van der Waals surface area contributed by atoms with Gasteiger partial charge in [-0.1, -0.05) is 11.6 Å². The molecule has 0 aliphatic carbocycles. The lowest BCUT2D eigenvalue weighted by molar-refractivity contribution is 0.627. The Morgan fingerprint density at radius 2 is 1.94 bits per heavy atom. The summed E-state index contributed by atoms with van der Waals surface area (Å²) in [5.74, 6) is 0.125. The van der Waals surface area contributed by atoms with Crippen molar-refractivity contribution in [3.8, 4) is 0 Å². The summed E-state index contributed by atoms with van der Waals surface area (Å²) in [6.45, 7) is 0. The first-order valence-corrected chi connectivity index (χ1v) is 6.76. The molecule has 1 aromatic carbocycles. The number of hydrogen-bond donors (Lipinski definition) is 2. The third-order valence-corrected chi connectivity index (χ3v) is 3.64. The molecule has 3 N–H and O–H groups in total. The molecule has 18 heavy (non-hydrogen) atoms. The van der Waals surface area contributed by atoms with Gasteiger partial charge in [-0.2, -0.15) is 0 Å². The molecule has 1 heterocycles. The Bertz CT molecular complexity index is 584. The average molecular weight is 395 g/mol. The molecular weight excluding hydrogens is 388 g/mol. The normalized spacial score (nSPS) is 10.4. The number of anilines is 3. The van der Waals surface area contributed by atoms with E-state index in [4.69, 9.17) is 17.3 Å². The molecule has 0 unspecified atom stereocenters. The molecule has 0 spiro atoms. The molecule has 2 rings (SSSR count). The van der Waals surface area contributed by atoms with Gasteiger partial charge in [0.1, 0.15) is 11.6 Å². The minimum atomic E-state index is -0.415. The second-order valence-corrected chi connectivity index (χ2v) is 5.58. The van der Waals surface area contributed by atoms with Crippen molar-refractivity contribution in [3.63, 3.8) is 0 Å². The fourth-order valence-corrected chi connectivity index (χ4v) is 2.69. The van der Waals surface area contributed by atoms with Crippen LogP contribution in [-0.4, -0.2) is 4.98 Å². The van der Waals surface area contributed by atoms with Gasteiger partial charge in [-0.3, -0.25) is 0 Å². The predicted octanol–water partition coefficient (Wildman–Crippen LogP) is 4.72. The van der Waals surface area contributed by atoms with Crippen LogP contribution in [0.15, 0.2) is 33.3 Å². The maximum atomic E-state index is 13.1. The van der Waals surface area contributed by atoms with Crippen LogP contribution in [0, 0.1) is 5.82 Å². The second kappa shape index (κ2) is 5.42. The number of pyridine rings is 1. The lowest BCUT2D eigenvalue weighted by Gasteiger charge is -2.11. The fourth-order valence-electron chi connectivity index (χ4n) is 1.32. The summed E-state index contributed by atoms with van der Waals surface area (Å²) in [6, 6.07) is 4.25. The van der Waals surface area contributed by atoms with Gasteiger partial charge in [0.25, 0.3) is 0 Å². The Hall–Kier alpha value is -0.850. The van der Waals surface area contributed by atoms with Crippen LogP contribution in [0.4, 0.5) is 21.6 Å². The fraction of sp³-hybridized carbons (Fsp3) is 0. The monoisotopic (exact) mass is 393 g/mol. The predicted molar refractivity (Wildman–Crippen MR) is 78.7 cm³/mol. The standard InChI is InChI=1S/C11H7Br2ClFN3/c12-7-1-5(15)2-9(14)10(7)18-11-8(13)3-6(16)4-17-11/h1-4H,16H2,(H,17,18). The molecule has 1 aromatic heterocycles. The number of halogens is 4. The van der Waals surface area contributed by atoms with Gasteiger partial charge in [0, 0.05) is 4.47 Å². The van der Waals surface area contributed by atoms with Crippen LogP contribution < -0.4 is 11.1 Å². The zero-order valence-electron chi connectivity index (χ0n) is 8.85. The molecule has 94 valence electrons. The van der Waals surface area contributed by atoms with Gasteiger partial charge < -0.3 is 11.1 Å². The summed E-state index contributed by atoms with van der Waals surface area (Å²) < 4.78 is 14.3. The van der Waals surface area contributed by atoms with Crippen LogP contribution >= 0.6 is 43.5 Å². The Balaban J connectivity index is 2.40. The highest BCUT2D eigenvalue weighted by atomic mass is 79.9. The van der Waals surface area contributed by atoms with Gasteiger partial charge in [0.2, 0.25) is 0 Å².